The third-order valence-electron chi connectivity index (χ3n) is 2.97. The molecule has 0 radical (unpaired) electrons. The Bertz CT molecular complexity index is 436. The van der Waals surface area contributed by atoms with Gasteiger partial charge < -0.3 is 15.3 Å². The van der Waals surface area contributed by atoms with E-state index in [0.29, 0.717) is 18.5 Å². The summed E-state index contributed by atoms with van der Waals surface area (Å²) in [6.45, 7) is 6.06. The lowest BCUT2D eigenvalue weighted by atomic mass is 10.1. The van der Waals surface area contributed by atoms with Gasteiger partial charge in [0.05, 0.1) is 6.10 Å². The van der Waals surface area contributed by atoms with E-state index in [4.69, 9.17) is 0 Å². The first-order valence-corrected chi connectivity index (χ1v) is 6.87. The number of carbonyl (C=O) groups excluding carboxylic acids is 1. The predicted molar refractivity (Wildman–Crippen MR) is 77.0 cm³/mol. The van der Waals surface area contributed by atoms with Gasteiger partial charge in [-0.05, 0) is 38.8 Å². The van der Waals surface area contributed by atoms with E-state index in [-0.39, 0.29) is 24.4 Å². The molecule has 1 aromatic carbocycles. The van der Waals surface area contributed by atoms with E-state index in [1.807, 2.05) is 13.8 Å². The second-order valence-electron chi connectivity index (χ2n) is 5.17. The summed E-state index contributed by atoms with van der Waals surface area (Å²) in [5.74, 6) is -0.258. The van der Waals surface area contributed by atoms with Crippen molar-refractivity contribution in [1.82, 2.24) is 10.2 Å². The number of nitrogens with one attached hydrogen (secondary N) is 1. The first-order valence-electron chi connectivity index (χ1n) is 6.87. The highest BCUT2D eigenvalue weighted by Crippen LogP contribution is 2.06. The number of urea groups is 1. The molecular weight excluding hydrogens is 259 g/mol. The van der Waals surface area contributed by atoms with Gasteiger partial charge in [-0.2, -0.15) is 0 Å². The zero-order valence-corrected chi connectivity index (χ0v) is 12.3. The number of amides is 2. The molecule has 0 saturated heterocycles. The summed E-state index contributed by atoms with van der Waals surface area (Å²) in [5, 5.41) is 12.1. The summed E-state index contributed by atoms with van der Waals surface area (Å²) in [5.41, 5.74) is 0.583. The first kappa shape index (κ1) is 16.4. The van der Waals surface area contributed by atoms with Crippen LogP contribution >= 0.6 is 0 Å². The highest BCUT2D eigenvalue weighted by atomic mass is 19.1. The topological polar surface area (TPSA) is 52.6 Å². The molecule has 0 aliphatic rings. The Morgan fingerprint density at radius 1 is 1.35 bits per heavy atom. The molecule has 0 bridgehead atoms. The molecule has 5 heteroatoms. The van der Waals surface area contributed by atoms with Crippen LogP contribution in [-0.4, -0.2) is 41.3 Å². The Morgan fingerprint density at radius 2 is 2.00 bits per heavy atom. The van der Waals surface area contributed by atoms with Crippen LogP contribution in [0.15, 0.2) is 24.3 Å². The molecule has 0 aliphatic heterocycles. The van der Waals surface area contributed by atoms with Crippen LogP contribution in [0.4, 0.5) is 9.18 Å². The minimum atomic E-state index is -0.574. The minimum absolute atomic E-state index is 0.00180. The average Bonchev–Trinajstić information content (AvgIpc) is 2.37. The van der Waals surface area contributed by atoms with Gasteiger partial charge in [-0.3, -0.25) is 0 Å². The predicted octanol–water partition coefficient (Wildman–Crippen LogP) is 2.17. The van der Waals surface area contributed by atoms with E-state index in [1.54, 1.807) is 30.0 Å². The number of hydrogen-bond donors (Lipinski definition) is 2. The fraction of sp³-hybridized carbons (Fsp3) is 0.533. The quantitative estimate of drug-likeness (QED) is 0.840. The molecule has 1 rings (SSSR count). The monoisotopic (exact) mass is 282 g/mol. The summed E-state index contributed by atoms with van der Waals surface area (Å²) >= 11 is 0. The zero-order chi connectivity index (χ0) is 15.1. The smallest absolute Gasteiger partial charge is 0.317 e. The number of rotatable bonds is 6. The summed E-state index contributed by atoms with van der Waals surface area (Å²) in [6.07, 6.45) is -0.131. The lowest BCUT2D eigenvalue weighted by Gasteiger charge is -2.28. The molecule has 1 atom stereocenters. The van der Waals surface area contributed by atoms with Crippen LogP contribution in [0.1, 0.15) is 26.3 Å². The van der Waals surface area contributed by atoms with Crippen molar-refractivity contribution in [2.24, 2.45) is 0 Å². The molecular formula is C15H23FN2O2. The third-order valence-corrected chi connectivity index (χ3v) is 2.97. The van der Waals surface area contributed by atoms with Crippen molar-refractivity contribution in [3.63, 3.8) is 0 Å². The van der Waals surface area contributed by atoms with Gasteiger partial charge in [-0.25, -0.2) is 9.18 Å². The van der Waals surface area contributed by atoms with E-state index < -0.39 is 6.10 Å². The normalized spacial score (nSPS) is 12.3. The molecule has 4 nitrogen and oxygen atoms in total. The number of halogens is 1. The average molecular weight is 282 g/mol. The van der Waals surface area contributed by atoms with E-state index in [0.717, 1.165) is 0 Å². The van der Waals surface area contributed by atoms with Gasteiger partial charge in [0.1, 0.15) is 5.82 Å². The van der Waals surface area contributed by atoms with Crippen LogP contribution in [0.25, 0.3) is 0 Å². The van der Waals surface area contributed by atoms with Gasteiger partial charge >= 0.3 is 6.03 Å². The third kappa shape index (κ3) is 5.17. The van der Waals surface area contributed by atoms with Crippen molar-refractivity contribution in [3.05, 3.63) is 35.6 Å². The van der Waals surface area contributed by atoms with Gasteiger partial charge in [0.2, 0.25) is 0 Å². The number of aliphatic hydroxyl groups is 1. The first-order chi connectivity index (χ1) is 9.41. The lowest BCUT2D eigenvalue weighted by Crippen LogP contribution is -2.47. The number of hydrogen-bond acceptors (Lipinski definition) is 2. The fourth-order valence-electron chi connectivity index (χ4n) is 1.92. The van der Waals surface area contributed by atoms with Crippen LogP contribution in [0.3, 0.4) is 0 Å². The molecule has 2 amide bonds. The summed E-state index contributed by atoms with van der Waals surface area (Å²) in [7, 11) is 0. The minimum Gasteiger partial charge on any atom is -0.392 e. The molecule has 2 N–H and O–H groups in total. The number of carbonyl (C=O) groups is 1. The molecule has 112 valence electrons. The molecule has 0 spiro atoms. The standard InChI is InChI=1S/C15H23FN2O2/c1-11(2)18(10-12(3)19)15(20)17-9-8-13-6-4-5-7-14(13)16/h4-7,11-12,19H,8-10H2,1-3H3,(H,17,20). The van der Waals surface area contributed by atoms with Gasteiger partial charge in [0, 0.05) is 19.1 Å². The van der Waals surface area contributed by atoms with E-state index in [2.05, 4.69) is 5.32 Å². The van der Waals surface area contributed by atoms with Crippen LogP contribution in [0, 0.1) is 5.82 Å². The molecule has 0 fully saturated rings. The lowest BCUT2D eigenvalue weighted by molar-refractivity contribution is 0.119. The number of aliphatic hydroxyl groups excluding tert-OH is 1. The Morgan fingerprint density at radius 3 is 2.55 bits per heavy atom. The molecule has 1 aromatic rings. The number of nitrogens with zero attached hydrogens (tertiary/aromatic N) is 1. The molecule has 0 aliphatic carbocycles. The molecule has 0 heterocycles. The Kier molecular flexibility index (Phi) is 6.45. The second kappa shape index (κ2) is 7.85. The van der Waals surface area contributed by atoms with Crippen molar-refractivity contribution < 1.29 is 14.3 Å². The number of benzene rings is 1. The van der Waals surface area contributed by atoms with Crippen LogP contribution in [0.2, 0.25) is 0 Å². The molecule has 0 aromatic heterocycles. The Labute approximate surface area is 119 Å². The van der Waals surface area contributed by atoms with Gasteiger partial charge in [0.15, 0.2) is 0 Å². The van der Waals surface area contributed by atoms with Crippen LogP contribution < -0.4 is 5.32 Å². The molecule has 20 heavy (non-hydrogen) atoms. The van der Waals surface area contributed by atoms with E-state index in [1.165, 1.54) is 6.07 Å². The van der Waals surface area contributed by atoms with Crippen LogP contribution in [-0.2, 0) is 6.42 Å². The van der Waals surface area contributed by atoms with Gasteiger partial charge in [-0.1, -0.05) is 18.2 Å². The SMILES string of the molecule is CC(O)CN(C(=O)NCCc1ccccc1F)C(C)C. The van der Waals surface area contributed by atoms with Crippen molar-refractivity contribution >= 4 is 6.03 Å². The zero-order valence-electron chi connectivity index (χ0n) is 12.3. The van der Waals surface area contributed by atoms with E-state index in [9.17, 15) is 14.3 Å². The van der Waals surface area contributed by atoms with E-state index >= 15 is 0 Å². The van der Waals surface area contributed by atoms with Crippen LogP contribution in [0.5, 0.6) is 0 Å². The van der Waals surface area contributed by atoms with Crippen molar-refractivity contribution in [1.29, 1.82) is 0 Å². The summed E-state index contributed by atoms with van der Waals surface area (Å²) < 4.78 is 13.4. The van der Waals surface area contributed by atoms with Crippen molar-refractivity contribution in [2.45, 2.75) is 39.3 Å². The van der Waals surface area contributed by atoms with Crippen molar-refractivity contribution in [3.8, 4) is 0 Å². The molecule has 1 unspecified atom stereocenters. The highest BCUT2D eigenvalue weighted by molar-refractivity contribution is 5.74. The van der Waals surface area contributed by atoms with Gasteiger partial charge in [0.25, 0.3) is 0 Å². The van der Waals surface area contributed by atoms with Gasteiger partial charge in [-0.15, -0.1) is 0 Å². The summed E-state index contributed by atoms with van der Waals surface area (Å²) in [4.78, 5) is 13.6. The Hall–Kier alpha value is -1.62. The molecule has 0 saturated carbocycles. The fourth-order valence-corrected chi connectivity index (χ4v) is 1.92. The summed E-state index contributed by atoms with van der Waals surface area (Å²) in [6, 6.07) is 6.28. The highest BCUT2D eigenvalue weighted by Gasteiger charge is 2.18. The largest absolute Gasteiger partial charge is 0.392 e. The maximum atomic E-state index is 13.4. The second-order valence-corrected chi connectivity index (χ2v) is 5.17. The maximum absolute atomic E-state index is 13.4. The Balaban J connectivity index is 2.47. The maximum Gasteiger partial charge on any atom is 0.317 e. The van der Waals surface area contributed by atoms with Crippen molar-refractivity contribution in [2.75, 3.05) is 13.1 Å².